The Balaban J connectivity index is 1.78. The van der Waals surface area contributed by atoms with E-state index in [1.165, 1.54) is 18.4 Å². The largest absolute Gasteiger partial charge is 0.451 e. The Hall–Kier alpha value is -1.90. The highest BCUT2D eigenvalue weighted by Gasteiger charge is 2.35. The molecule has 1 aliphatic heterocycles. The summed E-state index contributed by atoms with van der Waals surface area (Å²) in [5, 5.41) is 3.78. The van der Waals surface area contributed by atoms with Crippen LogP contribution in [0.25, 0.3) is 11.0 Å². The monoisotopic (exact) mass is 380 g/mol. The lowest BCUT2D eigenvalue weighted by Crippen LogP contribution is -2.43. The molecule has 2 heterocycles. The first-order chi connectivity index (χ1) is 12.2. The van der Waals surface area contributed by atoms with Gasteiger partial charge in [0.1, 0.15) is 5.58 Å². The number of benzene rings is 1. The summed E-state index contributed by atoms with van der Waals surface area (Å²) in [6.07, 6.45) is 0. The van der Waals surface area contributed by atoms with Crippen LogP contribution in [-0.4, -0.2) is 57.7 Å². The number of ether oxygens (including phenoxy) is 1. The van der Waals surface area contributed by atoms with E-state index in [0.29, 0.717) is 12.2 Å². The lowest BCUT2D eigenvalue weighted by Gasteiger charge is -2.20. The predicted octanol–water partition coefficient (Wildman–Crippen LogP) is 1.69. The lowest BCUT2D eigenvalue weighted by atomic mass is 10.1. The molecule has 0 saturated carbocycles. The number of hydrogen-bond acceptors (Lipinski definition) is 5. The minimum absolute atomic E-state index is 0.0662. The number of fused-ring (bicyclic) bond motifs is 1. The number of amides is 1. The molecule has 0 unspecified atom stereocenters. The normalized spacial score (nSPS) is 20.8. The topological polar surface area (TPSA) is 88.8 Å². The molecule has 1 N–H and O–H groups in total. The van der Waals surface area contributed by atoms with Crippen molar-refractivity contribution in [1.29, 1.82) is 0 Å². The van der Waals surface area contributed by atoms with Crippen molar-refractivity contribution in [1.82, 2.24) is 9.62 Å². The molecular weight excluding hydrogens is 356 g/mol. The molecule has 2 atom stereocenters. The van der Waals surface area contributed by atoms with Crippen molar-refractivity contribution in [3.8, 4) is 0 Å². The van der Waals surface area contributed by atoms with E-state index in [2.05, 4.69) is 5.32 Å². The minimum Gasteiger partial charge on any atom is -0.451 e. The van der Waals surface area contributed by atoms with Gasteiger partial charge in [0.15, 0.2) is 5.76 Å². The summed E-state index contributed by atoms with van der Waals surface area (Å²) in [5.41, 5.74) is 2.49. The fraction of sp³-hybridized carbons (Fsp3) is 0.500. The average molecular weight is 380 g/mol. The third-order valence-corrected chi connectivity index (χ3v) is 6.76. The van der Waals surface area contributed by atoms with Gasteiger partial charge in [0.25, 0.3) is 5.91 Å². The molecule has 8 heteroatoms. The van der Waals surface area contributed by atoms with Gasteiger partial charge in [-0.05, 0) is 25.5 Å². The summed E-state index contributed by atoms with van der Waals surface area (Å²) in [6.45, 7) is 4.39. The zero-order chi connectivity index (χ0) is 19.1. The van der Waals surface area contributed by atoms with Crippen molar-refractivity contribution < 1.29 is 22.4 Å². The third kappa shape index (κ3) is 3.62. The molecule has 1 saturated heterocycles. The molecular formula is C18H24N2O5S. The van der Waals surface area contributed by atoms with E-state index in [9.17, 15) is 13.2 Å². The van der Waals surface area contributed by atoms with Crippen LogP contribution in [0, 0.1) is 19.8 Å². The van der Waals surface area contributed by atoms with E-state index in [0.717, 1.165) is 16.5 Å². The fourth-order valence-electron chi connectivity index (χ4n) is 3.13. The van der Waals surface area contributed by atoms with Gasteiger partial charge in [-0.3, -0.25) is 4.79 Å². The van der Waals surface area contributed by atoms with Gasteiger partial charge < -0.3 is 14.5 Å². The molecule has 3 rings (SSSR count). The van der Waals surface area contributed by atoms with Crippen LogP contribution in [0.15, 0.2) is 22.6 Å². The van der Waals surface area contributed by atoms with Gasteiger partial charge >= 0.3 is 0 Å². The zero-order valence-electron chi connectivity index (χ0n) is 15.4. The van der Waals surface area contributed by atoms with Crippen molar-refractivity contribution in [2.24, 2.45) is 5.92 Å². The lowest BCUT2D eigenvalue weighted by molar-refractivity contribution is 0.0899. The number of nitrogens with one attached hydrogen (secondary N) is 1. The average Bonchev–Trinajstić information content (AvgIpc) is 3.11. The van der Waals surface area contributed by atoms with E-state index in [1.807, 2.05) is 32.0 Å². The van der Waals surface area contributed by atoms with Crippen LogP contribution in [-0.2, 0) is 14.8 Å². The maximum Gasteiger partial charge on any atom is 0.287 e. The Morgan fingerprint density at radius 1 is 1.27 bits per heavy atom. The summed E-state index contributed by atoms with van der Waals surface area (Å²) in [7, 11) is -0.373. The Bertz CT molecular complexity index is 932. The second-order valence-electron chi connectivity index (χ2n) is 6.99. The number of hydrogen-bond donors (Lipinski definition) is 1. The number of rotatable bonds is 5. The maximum absolute atomic E-state index is 12.7. The molecule has 0 aliphatic carbocycles. The van der Waals surface area contributed by atoms with Crippen molar-refractivity contribution in [3.63, 3.8) is 0 Å². The number of nitrogens with zero attached hydrogens (tertiary/aromatic N) is 1. The van der Waals surface area contributed by atoms with Crippen molar-refractivity contribution >= 4 is 26.9 Å². The van der Waals surface area contributed by atoms with Crippen LogP contribution in [0.1, 0.15) is 21.7 Å². The van der Waals surface area contributed by atoms with Gasteiger partial charge in [-0.15, -0.1) is 0 Å². The molecule has 7 nitrogen and oxygen atoms in total. The quantitative estimate of drug-likeness (QED) is 0.853. The highest BCUT2D eigenvalue weighted by Crippen LogP contribution is 2.26. The molecule has 0 bridgehead atoms. The second-order valence-corrected chi connectivity index (χ2v) is 9.22. The number of sulfonamides is 1. The van der Waals surface area contributed by atoms with Crippen LogP contribution in [0.3, 0.4) is 0 Å². The van der Waals surface area contributed by atoms with Gasteiger partial charge in [-0.2, -0.15) is 0 Å². The van der Waals surface area contributed by atoms with Gasteiger partial charge in [-0.1, -0.05) is 12.1 Å². The molecule has 0 radical (unpaired) electrons. The maximum atomic E-state index is 12.7. The van der Waals surface area contributed by atoms with E-state index in [-0.39, 0.29) is 36.0 Å². The molecule has 1 aliphatic rings. The highest BCUT2D eigenvalue weighted by atomic mass is 32.2. The first-order valence-electron chi connectivity index (χ1n) is 8.47. The number of furan rings is 1. The van der Waals surface area contributed by atoms with Crippen LogP contribution < -0.4 is 5.32 Å². The van der Waals surface area contributed by atoms with Crippen LogP contribution in [0.4, 0.5) is 0 Å². The van der Waals surface area contributed by atoms with Gasteiger partial charge in [-0.25, -0.2) is 12.7 Å². The summed E-state index contributed by atoms with van der Waals surface area (Å²) in [6, 6.07) is 5.43. The van der Waals surface area contributed by atoms with E-state index in [1.54, 1.807) is 0 Å². The van der Waals surface area contributed by atoms with Gasteiger partial charge in [0.05, 0.1) is 25.0 Å². The van der Waals surface area contributed by atoms with Crippen molar-refractivity contribution in [2.45, 2.75) is 19.9 Å². The molecule has 1 aromatic heterocycles. The fourth-order valence-corrected chi connectivity index (χ4v) is 4.29. The molecule has 2 aromatic rings. The summed E-state index contributed by atoms with van der Waals surface area (Å²) < 4.78 is 36.6. The first kappa shape index (κ1) is 18.9. The molecule has 26 heavy (non-hydrogen) atoms. The molecule has 1 fully saturated rings. The third-order valence-electron chi connectivity index (χ3n) is 4.80. The van der Waals surface area contributed by atoms with Crippen LogP contribution in [0.5, 0.6) is 0 Å². The molecule has 0 spiro atoms. The number of carbonyl (C=O) groups is 1. The predicted molar refractivity (Wildman–Crippen MR) is 98.7 cm³/mol. The van der Waals surface area contributed by atoms with E-state index < -0.39 is 10.0 Å². The van der Waals surface area contributed by atoms with Crippen LogP contribution in [0.2, 0.25) is 0 Å². The second kappa shape index (κ2) is 7.02. The Labute approximate surface area is 153 Å². The smallest absolute Gasteiger partial charge is 0.287 e. The Morgan fingerprint density at radius 2 is 2.00 bits per heavy atom. The minimum atomic E-state index is -3.37. The van der Waals surface area contributed by atoms with Crippen LogP contribution >= 0.6 is 0 Å². The number of carbonyl (C=O) groups excluding carboxylic acids is 1. The van der Waals surface area contributed by atoms with Gasteiger partial charge in [0, 0.05) is 31.0 Å². The van der Waals surface area contributed by atoms with E-state index >= 15 is 0 Å². The number of aryl methyl sites for hydroxylation is 2. The van der Waals surface area contributed by atoms with Crippen molar-refractivity contribution in [2.75, 3.05) is 33.1 Å². The Morgan fingerprint density at radius 3 is 2.69 bits per heavy atom. The molecule has 1 amide bonds. The zero-order valence-corrected chi connectivity index (χ0v) is 16.2. The van der Waals surface area contributed by atoms with E-state index in [4.69, 9.17) is 9.15 Å². The van der Waals surface area contributed by atoms with Gasteiger partial charge in [0.2, 0.25) is 10.0 Å². The highest BCUT2D eigenvalue weighted by molar-refractivity contribution is 7.89. The summed E-state index contributed by atoms with van der Waals surface area (Å²) >= 11 is 0. The molecule has 1 aromatic carbocycles. The molecule has 142 valence electrons. The Kier molecular flexibility index (Phi) is 5.09. The van der Waals surface area contributed by atoms with Crippen molar-refractivity contribution in [3.05, 3.63) is 35.1 Å². The SMILES string of the molecule is Cc1ccc2c(C)c(C(=O)N[C@H]3COC[C@H]3CS(=O)(=O)N(C)C)oc2c1. The standard InChI is InChI=1S/C18H24N2O5S/c1-11-5-6-14-12(2)17(25-16(14)7-11)18(21)19-15-9-24-8-13(15)10-26(22,23)20(3)4/h5-7,13,15H,8-10H2,1-4H3,(H,19,21)/t13-,15-/m0/s1. The summed E-state index contributed by atoms with van der Waals surface area (Å²) in [4.78, 5) is 12.7. The first-order valence-corrected chi connectivity index (χ1v) is 10.1. The summed E-state index contributed by atoms with van der Waals surface area (Å²) in [5.74, 6) is -0.451.